The van der Waals surface area contributed by atoms with Crippen LogP contribution in [0.5, 0.6) is 11.5 Å². The first-order valence-electron chi connectivity index (χ1n) is 11.5. The standard InChI is InChI=1S/C21H38B5NO3/c1-19(2,3)10-13-11-27-6-5-12-7-18(30-21(25,26)20(22,23)24)17(29-4)8-14(12)15(27)9-16(13)28/h7-8,13,15-16,28H,5-6,9-11,22-26H2,1-4H3/t13-,15-,16-/m1/s1. The number of aliphatic hydroxyl groups excluding tert-OH is 1. The lowest BCUT2D eigenvalue weighted by Gasteiger charge is -2.47. The van der Waals surface area contributed by atoms with Gasteiger partial charge in [0.05, 0.1) is 36.8 Å². The summed E-state index contributed by atoms with van der Waals surface area (Å²) >= 11 is 0. The minimum absolute atomic E-state index is 0.000258. The third-order valence-corrected chi connectivity index (χ3v) is 7.42. The van der Waals surface area contributed by atoms with Crippen LogP contribution in [-0.2, 0) is 6.42 Å². The topological polar surface area (TPSA) is 41.9 Å². The molecular weight excluding hydrogens is 368 g/mol. The van der Waals surface area contributed by atoms with Gasteiger partial charge in [-0.15, -0.1) is 0 Å². The van der Waals surface area contributed by atoms with Crippen LogP contribution in [0.25, 0.3) is 0 Å². The number of benzene rings is 1. The number of methoxy groups -OCH3 is 1. The summed E-state index contributed by atoms with van der Waals surface area (Å²) in [6.45, 7) is 8.81. The second-order valence-electron chi connectivity index (χ2n) is 12.2. The summed E-state index contributed by atoms with van der Waals surface area (Å²) < 4.78 is 12.3. The molecule has 1 aromatic carbocycles. The molecule has 1 N–H and O–H groups in total. The highest BCUT2D eigenvalue weighted by atomic mass is 16.5. The van der Waals surface area contributed by atoms with Crippen molar-refractivity contribution in [2.24, 2.45) is 11.3 Å². The number of nitrogens with zero attached hydrogens (tertiary/aromatic N) is 1. The van der Waals surface area contributed by atoms with Crippen molar-refractivity contribution in [3.63, 3.8) is 0 Å². The van der Waals surface area contributed by atoms with E-state index in [1.165, 1.54) is 11.1 Å². The molecule has 30 heavy (non-hydrogen) atoms. The number of fused-ring (bicyclic) bond motifs is 3. The summed E-state index contributed by atoms with van der Waals surface area (Å²) in [5, 5.41) is 10.6. The van der Waals surface area contributed by atoms with Crippen LogP contribution in [-0.4, -0.2) is 80.9 Å². The van der Waals surface area contributed by atoms with Crippen LogP contribution in [0, 0.1) is 11.3 Å². The predicted octanol–water partition coefficient (Wildman–Crippen LogP) is -1.32. The molecule has 0 amide bonds. The van der Waals surface area contributed by atoms with Gasteiger partial charge in [-0.05, 0) is 53.9 Å². The quantitative estimate of drug-likeness (QED) is 0.617. The largest absolute Gasteiger partial charge is 0.503 e. The lowest BCUT2D eigenvalue weighted by Crippen LogP contribution is -2.51. The first-order valence-corrected chi connectivity index (χ1v) is 11.5. The molecule has 1 fully saturated rings. The van der Waals surface area contributed by atoms with Crippen LogP contribution >= 0.6 is 0 Å². The number of hydrogen-bond donors (Lipinski definition) is 1. The minimum atomic E-state index is -0.323. The van der Waals surface area contributed by atoms with E-state index in [4.69, 9.17) is 9.47 Å². The number of piperidine rings is 1. The first kappa shape index (κ1) is 23.7. The van der Waals surface area contributed by atoms with Gasteiger partial charge in [0.2, 0.25) is 0 Å². The Morgan fingerprint density at radius 1 is 1.10 bits per heavy atom. The zero-order valence-electron chi connectivity index (χ0n) is 20.6. The zero-order valence-corrected chi connectivity index (χ0v) is 20.6. The van der Waals surface area contributed by atoms with Gasteiger partial charge in [0.15, 0.2) is 11.5 Å². The zero-order chi connectivity index (χ0) is 22.5. The second-order valence-corrected chi connectivity index (χ2v) is 12.2. The van der Waals surface area contributed by atoms with E-state index < -0.39 is 0 Å². The van der Waals surface area contributed by atoms with Gasteiger partial charge < -0.3 is 14.6 Å². The average Bonchev–Trinajstić information content (AvgIpc) is 2.59. The van der Waals surface area contributed by atoms with E-state index in [0.717, 1.165) is 43.9 Å². The van der Waals surface area contributed by atoms with Crippen LogP contribution < -0.4 is 9.47 Å². The normalized spacial score (nSPS) is 25.3. The van der Waals surface area contributed by atoms with E-state index >= 15 is 0 Å². The van der Waals surface area contributed by atoms with Crippen LogP contribution in [0.15, 0.2) is 12.1 Å². The molecule has 4 nitrogen and oxygen atoms in total. The van der Waals surface area contributed by atoms with Crippen LogP contribution in [0.3, 0.4) is 0 Å². The molecule has 2 aliphatic heterocycles. The monoisotopic (exact) mass is 407 g/mol. The fourth-order valence-corrected chi connectivity index (χ4v) is 4.75. The van der Waals surface area contributed by atoms with Gasteiger partial charge in [0.25, 0.3) is 0 Å². The number of rotatable bonds is 5. The van der Waals surface area contributed by atoms with Crippen molar-refractivity contribution >= 4 is 39.2 Å². The van der Waals surface area contributed by atoms with Gasteiger partial charge in [-0.2, -0.15) is 0 Å². The molecule has 0 aromatic heterocycles. The Morgan fingerprint density at radius 3 is 2.33 bits per heavy atom. The number of ether oxygens (including phenoxy) is 2. The smallest absolute Gasteiger partial charge is 0.161 e. The Hall–Kier alpha value is -0.935. The maximum Gasteiger partial charge on any atom is 0.161 e. The molecule has 3 atom stereocenters. The van der Waals surface area contributed by atoms with Gasteiger partial charge in [0.1, 0.15) is 15.7 Å². The summed E-state index contributed by atoms with van der Waals surface area (Å²) in [6, 6.07) is 4.61. The Labute approximate surface area is 187 Å². The van der Waals surface area contributed by atoms with Crippen LogP contribution in [0.4, 0.5) is 0 Å². The van der Waals surface area contributed by atoms with E-state index in [2.05, 4.69) is 77.0 Å². The average molecular weight is 407 g/mol. The first-order chi connectivity index (χ1) is 13.7. The maximum absolute atomic E-state index is 10.9. The Kier molecular flexibility index (Phi) is 6.49. The highest BCUT2D eigenvalue weighted by Gasteiger charge is 2.40. The molecule has 2 aliphatic rings. The van der Waals surface area contributed by atoms with E-state index in [-0.39, 0.29) is 28.1 Å². The van der Waals surface area contributed by atoms with Crippen molar-refractivity contribution in [2.45, 2.75) is 62.7 Å². The van der Waals surface area contributed by atoms with E-state index in [1.807, 2.05) is 0 Å². The molecule has 0 saturated carbocycles. The Morgan fingerprint density at radius 2 is 1.77 bits per heavy atom. The highest BCUT2D eigenvalue weighted by Crippen LogP contribution is 2.45. The highest BCUT2D eigenvalue weighted by molar-refractivity contribution is 6.66. The molecule has 0 bridgehead atoms. The van der Waals surface area contributed by atoms with E-state index in [9.17, 15) is 5.11 Å². The summed E-state index contributed by atoms with van der Waals surface area (Å²) in [5.74, 6) is 1.96. The molecule has 0 spiro atoms. The van der Waals surface area contributed by atoms with Crippen molar-refractivity contribution in [1.82, 2.24) is 4.90 Å². The van der Waals surface area contributed by atoms with Crippen molar-refractivity contribution < 1.29 is 14.6 Å². The lowest BCUT2D eigenvalue weighted by atomic mass is 9.28. The molecule has 0 radical (unpaired) electrons. The minimum Gasteiger partial charge on any atom is -0.503 e. The summed E-state index contributed by atoms with van der Waals surface area (Å²) in [6.07, 6.45) is 2.62. The predicted molar refractivity (Wildman–Crippen MR) is 138 cm³/mol. The summed E-state index contributed by atoms with van der Waals surface area (Å²) in [4.78, 5) is 2.57. The molecular formula is C21H38B5NO3. The molecule has 1 aromatic rings. The lowest BCUT2D eigenvalue weighted by molar-refractivity contribution is -0.0259. The third kappa shape index (κ3) is 4.93. The van der Waals surface area contributed by atoms with Gasteiger partial charge in [-0.25, -0.2) is 0 Å². The summed E-state index contributed by atoms with van der Waals surface area (Å²) in [5.41, 5.74) is 2.87. The molecule has 3 rings (SSSR count). The summed E-state index contributed by atoms with van der Waals surface area (Å²) in [7, 11) is 12.6. The van der Waals surface area contributed by atoms with E-state index in [1.54, 1.807) is 7.11 Å². The van der Waals surface area contributed by atoms with Crippen molar-refractivity contribution in [3.8, 4) is 11.5 Å². The van der Waals surface area contributed by atoms with Gasteiger partial charge >= 0.3 is 0 Å². The second kappa shape index (κ2) is 8.20. The molecule has 160 valence electrons. The van der Waals surface area contributed by atoms with Crippen molar-refractivity contribution in [3.05, 3.63) is 23.3 Å². The van der Waals surface area contributed by atoms with Gasteiger partial charge in [-0.3, -0.25) is 4.90 Å². The fourth-order valence-electron chi connectivity index (χ4n) is 4.75. The van der Waals surface area contributed by atoms with Crippen LogP contribution in [0.1, 0.15) is 50.8 Å². The Bertz CT molecular complexity index is 775. The van der Waals surface area contributed by atoms with Gasteiger partial charge in [0, 0.05) is 24.5 Å². The van der Waals surface area contributed by atoms with E-state index in [0.29, 0.717) is 5.92 Å². The third-order valence-electron chi connectivity index (χ3n) is 7.42. The van der Waals surface area contributed by atoms with Gasteiger partial charge in [-0.1, -0.05) is 25.9 Å². The Balaban J connectivity index is 1.88. The van der Waals surface area contributed by atoms with Crippen molar-refractivity contribution in [1.29, 1.82) is 0 Å². The number of aliphatic hydroxyl groups is 1. The molecule has 0 unspecified atom stereocenters. The molecule has 9 heteroatoms. The SMILES string of the molecule is BC(B)(B)C(B)(B)Oc1cc2c(cc1OC)[C@H]1C[C@@H](O)[C@H](CC(C)(C)C)CN1CC2. The molecule has 1 saturated heterocycles. The fraction of sp³-hybridized carbons (Fsp3) is 0.714. The molecule has 2 heterocycles. The van der Waals surface area contributed by atoms with Crippen molar-refractivity contribution in [2.75, 3.05) is 20.2 Å². The molecule has 0 aliphatic carbocycles. The van der Waals surface area contributed by atoms with Crippen LogP contribution in [0.2, 0.25) is 5.11 Å². The number of hydrogen-bond acceptors (Lipinski definition) is 4. The maximum atomic E-state index is 10.9.